The molecule has 1 aromatic heterocycles. The van der Waals surface area contributed by atoms with Crippen molar-refractivity contribution >= 4 is 0 Å². The summed E-state index contributed by atoms with van der Waals surface area (Å²) in [5.74, 6) is 2.13. The first-order valence-electron chi connectivity index (χ1n) is 7.25. The molecule has 0 atom stereocenters. The van der Waals surface area contributed by atoms with Crippen LogP contribution in [0.25, 0.3) is 0 Å². The minimum Gasteiger partial charge on any atom is -0.379 e. The molecule has 0 saturated carbocycles. The lowest BCUT2D eigenvalue weighted by atomic mass is 9.98. The minimum atomic E-state index is 0.450. The van der Waals surface area contributed by atoms with Gasteiger partial charge in [0.25, 0.3) is 0 Å². The topological polar surface area (TPSA) is 63.4 Å². The number of hydrogen-bond acceptors (Lipinski definition) is 6. The van der Waals surface area contributed by atoms with Gasteiger partial charge in [-0.05, 0) is 25.9 Å². The lowest BCUT2D eigenvalue weighted by Gasteiger charge is -2.25. The van der Waals surface area contributed by atoms with E-state index in [0.717, 1.165) is 76.9 Å². The van der Waals surface area contributed by atoms with E-state index in [9.17, 15) is 0 Å². The molecule has 0 unspecified atom stereocenters. The maximum atomic E-state index is 5.41. The van der Waals surface area contributed by atoms with Crippen LogP contribution in [0.3, 0.4) is 0 Å². The molecule has 0 spiro atoms. The average Bonchev–Trinajstić information content (AvgIpc) is 2.96. The van der Waals surface area contributed by atoms with Crippen LogP contribution in [0.5, 0.6) is 0 Å². The number of nitrogens with one attached hydrogen (secondary N) is 1. The normalized spacial score (nSPS) is 22.7. The number of hydrogen-bond donors (Lipinski definition) is 1. The number of ether oxygens (including phenoxy) is 1. The molecule has 6 nitrogen and oxygen atoms in total. The summed E-state index contributed by atoms with van der Waals surface area (Å²) in [5, 5.41) is 7.46. The van der Waals surface area contributed by atoms with Crippen molar-refractivity contribution in [2.75, 3.05) is 45.9 Å². The molecule has 1 aromatic rings. The van der Waals surface area contributed by atoms with E-state index >= 15 is 0 Å². The molecule has 2 aliphatic heterocycles. The zero-order valence-electron chi connectivity index (χ0n) is 11.3. The van der Waals surface area contributed by atoms with Crippen molar-refractivity contribution in [3.8, 4) is 0 Å². The van der Waals surface area contributed by atoms with Gasteiger partial charge in [-0.2, -0.15) is 4.98 Å². The summed E-state index contributed by atoms with van der Waals surface area (Å²) in [6.07, 6.45) is 3.07. The summed E-state index contributed by atoms with van der Waals surface area (Å²) in [6, 6.07) is 0. The molecule has 1 N–H and O–H groups in total. The van der Waals surface area contributed by atoms with Crippen LogP contribution in [0.1, 0.15) is 30.5 Å². The Morgan fingerprint density at radius 3 is 2.79 bits per heavy atom. The van der Waals surface area contributed by atoms with E-state index in [2.05, 4.69) is 20.4 Å². The summed E-state index contributed by atoms with van der Waals surface area (Å²) in [4.78, 5) is 6.95. The molecule has 0 aromatic carbocycles. The second-order valence-corrected chi connectivity index (χ2v) is 5.28. The van der Waals surface area contributed by atoms with Crippen molar-refractivity contribution in [3.63, 3.8) is 0 Å². The van der Waals surface area contributed by atoms with Crippen molar-refractivity contribution in [2.45, 2.75) is 25.2 Å². The molecule has 0 bridgehead atoms. The highest BCUT2D eigenvalue weighted by Crippen LogP contribution is 2.23. The van der Waals surface area contributed by atoms with Gasteiger partial charge in [0, 0.05) is 32.0 Å². The molecule has 19 heavy (non-hydrogen) atoms. The van der Waals surface area contributed by atoms with Crippen LogP contribution in [0.4, 0.5) is 0 Å². The van der Waals surface area contributed by atoms with Crippen molar-refractivity contribution in [1.29, 1.82) is 0 Å². The fraction of sp³-hybridized carbons (Fsp3) is 0.846. The predicted octanol–water partition coefficient (Wildman–Crippen LogP) is 0.411. The SMILES string of the molecule is C1CC(c2nc(CCN3CCOCC3)no2)CCN1. The lowest BCUT2D eigenvalue weighted by Crippen LogP contribution is -2.37. The van der Waals surface area contributed by atoms with Crippen molar-refractivity contribution in [3.05, 3.63) is 11.7 Å². The van der Waals surface area contributed by atoms with Crippen molar-refractivity contribution in [1.82, 2.24) is 20.4 Å². The Balaban J connectivity index is 1.49. The summed E-state index contributed by atoms with van der Waals surface area (Å²) in [6.45, 7) is 6.80. The summed E-state index contributed by atoms with van der Waals surface area (Å²) in [5.41, 5.74) is 0. The molecule has 0 radical (unpaired) electrons. The summed E-state index contributed by atoms with van der Waals surface area (Å²) >= 11 is 0. The Kier molecular flexibility index (Phi) is 4.42. The third-order valence-corrected chi connectivity index (χ3v) is 3.93. The average molecular weight is 266 g/mol. The Bertz CT molecular complexity index is 384. The largest absolute Gasteiger partial charge is 0.379 e. The number of piperidine rings is 1. The van der Waals surface area contributed by atoms with Gasteiger partial charge >= 0.3 is 0 Å². The number of aromatic nitrogens is 2. The Labute approximate surface area is 113 Å². The van der Waals surface area contributed by atoms with Gasteiger partial charge in [0.05, 0.1) is 13.2 Å². The number of rotatable bonds is 4. The van der Waals surface area contributed by atoms with E-state index in [1.54, 1.807) is 0 Å². The Morgan fingerprint density at radius 1 is 1.21 bits per heavy atom. The number of nitrogens with zero attached hydrogens (tertiary/aromatic N) is 3. The smallest absolute Gasteiger partial charge is 0.229 e. The van der Waals surface area contributed by atoms with Gasteiger partial charge in [-0.15, -0.1) is 0 Å². The van der Waals surface area contributed by atoms with Gasteiger partial charge in [-0.3, -0.25) is 4.90 Å². The maximum Gasteiger partial charge on any atom is 0.229 e. The molecule has 0 aliphatic carbocycles. The van der Waals surface area contributed by atoms with E-state index in [-0.39, 0.29) is 0 Å². The van der Waals surface area contributed by atoms with Crippen molar-refractivity contribution in [2.24, 2.45) is 0 Å². The van der Waals surface area contributed by atoms with Crippen LogP contribution >= 0.6 is 0 Å². The molecule has 2 saturated heterocycles. The molecule has 2 fully saturated rings. The summed E-state index contributed by atoms with van der Waals surface area (Å²) in [7, 11) is 0. The van der Waals surface area contributed by atoms with E-state index in [4.69, 9.17) is 9.26 Å². The molecule has 6 heteroatoms. The second kappa shape index (κ2) is 6.45. The third-order valence-electron chi connectivity index (χ3n) is 3.93. The van der Waals surface area contributed by atoms with Gasteiger partial charge in [0.15, 0.2) is 5.82 Å². The van der Waals surface area contributed by atoms with Crippen LogP contribution in [0.15, 0.2) is 4.52 Å². The second-order valence-electron chi connectivity index (χ2n) is 5.28. The van der Waals surface area contributed by atoms with Gasteiger partial charge in [-0.25, -0.2) is 0 Å². The molecular weight excluding hydrogens is 244 g/mol. The Hall–Kier alpha value is -0.980. The zero-order chi connectivity index (χ0) is 12.9. The molecular formula is C13H22N4O2. The standard InChI is InChI=1S/C13H22N4O2/c1-4-14-5-2-11(1)13-15-12(16-19-13)3-6-17-7-9-18-10-8-17/h11,14H,1-10H2. The van der Waals surface area contributed by atoms with E-state index in [1.165, 1.54) is 0 Å². The van der Waals surface area contributed by atoms with Crippen LogP contribution in [0, 0.1) is 0 Å². The zero-order valence-corrected chi connectivity index (χ0v) is 11.3. The maximum absolute atomic E-state index is 5.41. The fourth-order valence-electron chi connectivity index (χ4n) is 2.69. The van der Waals surface area contributed by atoms with Crippen LogP contribution in [-0.2, 0) is 11.2 Å². The lowest BCUT2D eigenvalue weighted by molar-refractivity contribution is 0.0381. The van der Waals surface area contributed by atoms with Crippen LogP contribution in [0.2, 0.25) is 0 Å². The first-order chi connectivity index (χ1) is 9.42. The molecule has 0 amide bonds. The molecule has 3 heterocycles. The van der Waals surface area contributed by atoms with Gasteiger partial charge in [-0.1, -0.05) is 5.16 Å². The molecule has 3 rings (SSSR count). The van der Waals surface area contributed by atoms with E-state index < -0.39 is 0 Å². The van der Waals surface area contributed by atoms with Gasteiger partial charge < -0.3 is 14.6 Å². The predicted molar refractivity (Wildman–Crippen MR) is 70.1 cm³/mol. The highest BCUT2D eigenvalue weighted by atomic mass is 16.5. The van der Waals surface area contributed by atoms with Crippen LogP contribution < -0.4 is 5.32 Å². The fourth-order valence-corrected chi connectivity index (χ4v) is 2.69. The quantitative estimate of drug-likeness (QED) is 0.851. The minimum absolute atomic E-state index is 0.450. The van der Waals surface area contributed by atoms with Crippen LogP contribution in [-0.4, -0.2) is 61.0 Å². The highest BCUT2D eigenvalue weighted by molar-refractivity contribution is 4.96. The molecule has 106 valence electrons. The van der Waals surface area contributed by atoms with Gasteiger partial charge in [0.2, 0.25) is 5.89 Å². The monoisotopic (exact) mass is 266 g/mol. The van der Waals surface area contributed by atoms with Gasteiger partial charge in [0.1, 0.15) is 0 Å². The first-order valence-corrected chi connectivity index (χ1v) is 7.25. The first kappa shape index (κ1) is 13.0. The van der Waals surface area contributed by atoms with E-state index in [1.807, 2.05) is 0 Å². The highest BCUT2D eigenvalue weighted by Gasteiger charge is 2.21. The third kappa shape index (κ3) is 3.52. The summed E-state index contributed by atoms with van der Waals surface area (Å²) < 4.78 is 10.7. The van der Waals surface area contributed by atoms with E-state index in [0.29, 0.717) is 5.92 Å². The molecule has 2 aliphatic rings. The number of morpholine rings is 1. The Morgan fingerprint density at radius 2 is 2.00 bits per heavy atom. The van der Waals surface area contributed by atoms with Crippen molar-refractivity contribution < 1.29 is 9.26 Å².